The number of fused-ring (bicyclic) bond motifs is 1. The molecular weight excluding hydrogens is 449 g/mol. The van der Waals surface area contributed by atoms with E-state index in [1.165, 1.54) is 0 Å². The second kappa shape index (κ2) is 10.4. The number of phenolic OH excluding ortho intramolecular Hbond substituents is 1. The third kappa shape index (κ3) is 6.16. The van der Waals surface area contributed by atoms with E-state index >= 15 is 0 Å². The summed E-state index contributed by atoms with van der Waals surface area (Å²) in [5, 5.41) is 43.6. The average Bonchev–Trinajstić information content (AvgIpc) is 2.87. The number of aromatic hydroxyl groups is 1. The number of ether oxygens (including phenoxy) is 1. The molecule has 0 radical (unpaired) electrons. The van der Waals surface area contributed by atoms with Crippen molar-refractivity contribution < 1.29 is 86.0 Å². The van der Waals surface area contributed by atoms with E-state index in [-0.39, 0.29) is 29.6 Å². The number of halogens is 2. The van der Waals surface area contributed by atoms with Gasteiger partial charge >= 0.3 is 35.2 Å². The molecule has 2 aromatic rings. The SMILES string of the molecule is O=c1cc(CS(=O)(=O)[O-])c2cc(F)c(O)c(F)c2o1.OC[C@H]1O[C@@H](O)[C@H](O)[C@H]1O.[Na+]. The van der Waals surface area contributed by atoms with Gasteiger partial charge in [-0.25, -0.2) is 17.6 Å². The van der Waals surface area contributed by atoms with Crippen LogP contribution in [-0.2, 0) is 20.6 Å². The first-order valence-corrected chi connectivity index (χ1v) is 9.31. The zero-order valence-electron chi connectivity index (χ0n) is 15.2. The van der Waals surface area contributed by atoms with Crippen LogP contribution in [0.5, 0.6) is 5.75 Å². The number of rotatable bonds is 3. The molecule has 162 valence electrons. The van der Waals surface area contributed by atoms with Crippen LogP contribution in [0.2, 0.25) is 0 Å². The molecule has 1 aliphatic rings. The van der Waals surface area contributed by atoms with Crippen molar-refractivity contribution in [3.8, 4) is 5.75 Å². The van der Waals surface area contributed by atoms with Gasteiger partial charge in [0.05, 0.1) is 22.5 Å². The van der Waals surface area contributed by atoms with Crippen molar-refractivity contribution in [2.45, 2.75) is 30.4 Å². The molecule has 1 saturated heterocycles. The van der Waals surface area contributed by atoms with Crippen molar-refractivity contribution in [1.29, 1.82) is 0 Å². The first-order valence-electron chi connectivity index (χ1n) is 7.73. The molecule has 0 unspecified atom stereocenters. The molecule has 5 N–H and O–H groups in total. The first kappa shape index (κ1) is 26.8. The predicted octanol–water partition coefficient (Wildman–Crippen LogP) is -4.76. The van der Waals surface area contributed by atoms with Crippen molar-refractivity contribution in [2.24, 2.45) is 0 Å². The number of hydrogen-bond donors (Lipinski definition) is 5. The van der Waals surface area contributed by atoms with Gasteiger partial charge in [0.15, 0.2) is 23.4 Å². The Morgan fingerprint density at radius 1 is 1.13 bits per heavy atom. The standard InChI is InChI=1S/C10H6F2O6S.C5H10O5.Na/c11-6-2-5-4(3-19(15,16)17)1-7(13)18-10(5)8(12)9(6)14;6-1-2-3(7)4(8)5(9)10-2;/h1-2,14H,3H2,(H,15,16,17);2-9H,1H2;/q;;+1/p-1/t;2-,3+,4-,5-;/m.1./s1. The fraction of sp³-hybridized carbons (Fsp3) is 0.400. The van der Waals surface area contributed by atoms with Gasteiger partial charge in [-0.05, 0) is 11.6 Å². The second-order valence-corrected chi connectivity index (χ2v) is 7.32. The normalized spacial score (nSPS) is 23.6. The Morgan fingerprint density at radius 3 is 2.17 bits per heavy atom. The monoisotopic (exact) mass is 464 g/mol. The number of aliphatic hydroxyl groups excluding tert-OH is 4. The molecule has 1 aliphatic heterocycles. The van der Waals surface area contributed by atoms with E-state index in [9.17, 15) is 26.5 Å². The Labute approximate surface area is 189 Å². The van der Waals surface area contributed by atoms with Crippen molar-refractivity contribution in [3.05, 3.63) is 39.8 Å². The molecule has 1 aromatic heterocycles. The summed E-state index contributed by atoms with van der Waals surface area (Å²) in [6.45, 7) is -0.407. The maximum Gasteiger partial charge on any atom is 1.00 e. The molecule has 15 heteroatoms. The predicted molar refractivity (Wildman–Crippen MR) is 87.4 cm³/mol. The topological polar surface area (TPSA) is 198 Å². The van der Waals surface area contributed by atoms with Crippen molar-refractivity contribution in [2.75, 3.05) is 6.61 Å². The summed E-state index contributed by atoms with van der Waals surface area (Å²) in [4.78, 5) is 11.1. The summed E-state index contributed by atoms with van der Waals surface area (Å²) >= 11 is 0. The molecule has 0 saturated carbocycles. The fourth-order valence-corrected chi connectivity index (χ4v) is 3.09. The molecule has 1 fully saturated rings. The van der Waals surface area contributed by atoms with E-state index in [0.717, 1.165) is 0 Å². The Kier molecular flexibility index (Phi) is 9.31. The number of phenols is 1. The molecule has 2 heterocycles. The maximum absolute atomic E-state index is 13.5. The quantitative estimate of drug-likeness (QED) is 0.166. The zero-order valence-corrected chi connectivity index (χ0v) is 18.0. The van der Waals surface area contributed by atoms with E-state index in [0.29, 0.717) is 12.1 Å². The van der Waals surface area contributed by atoms with Gasteiger partial charge in [0.2, 0.25) is 5.82 Å². The minimum atomic E-state index is -4.76. The van der Waals surface area contributed by atoms with Crippen LogP contribution >= 0.6 is 0 Å². The summed E-state index contributed by atoms with van der Waals surface area (Å²) in [5.74, 6) is -5.41. The van der Waals surface area contributed by atoms with Crippen LogP contribution in [0.3, 0.4) is 0 Å². The fourth-order valence-electron chi connectivity index (χ4n) is 2.47. The van der Waals surface area contributed by atoms with Gasteiger partial charge in [0.25, 0.3) is 0 Å². The van der Waals surface area contributed by atoms with E-state index in [2.05, 4.69) is 9.15 Å². The van der Waals surface area contributed by atoms with Crippen LogP contribution in [0.1, 0.15) is 5.56 Å². The van der Waals surface area contributed by atoms with Crippen LogP contribution in [0.4, 0.5) is 8.78 Å². The molecule has 3 rings (SSSR count). The van der Waals surface area contributed by atoms with E-state index in [1.807, 2.05) is 0 Å². The van der Waals surface area contributed by atoms with Crippen molar-refractivity contribution in [1.82, 2.24) is 0 Å². The number of aliphatic hydroxyl groups is 4. The Hall–Kier alpha value is -1.20. The average molecular weight is 464 g/mol. The van der Waals surface area contributed by atoms with Crippen molar-refractivity contribution >= 4 is 21.1 Å². The minimum Gasteiger partial charge on any atom is -0.748 e. The van der Waals surface area contributed by atoms with E-state index in [1.54, 1.807) is 0 Å². The van der Waals surface area contributed by atoms with E-state index in [4.69, 9.17) is 25.5 Å². The molecule has 11 nitrogen and oxygen atoms in total. The molecule has 0 bridgehead atoms. The van der Waals surface area contributed by atoms with Crippen LogP contribution in [-0.4, -0.2) is 69.7 Å². The van der Waals surface area contributed by atoms with Gasteiger partial charge in [0, 0.05) is 11.5 Å². The van der Waals surface area contributed by atoms with Crippen LogP contribution in [0.25, 0.3) is 11.0 Å². The van der Waals surface area contributed by atoms with Gasteiger partial charge in [-0.1, -0.05) is 0 Å². The molecule has 0 spiro atoms. The molecule has 0 aliphatic carbocycles. The Bertz CT molecular complexity index is 1060. The van der Waals surface area contributed by atoms with Crippen molar-refractivity contribution in [3.63, 3.8) is 0 Å². The summed E-state index contributed by atoms with van der Waals surface area (Å²) in [6, 6.07) is 1.23. The Morgan fingerprint density at radius 2 is 1.73 bits per heavy atom. The molecule has 4 atom stereocenters. The number of hydrogen-bond acceptors (Lipinski definition) is 11. The second-order valence-electron chi connectivity index (χ2n) is 5.92. The minimum absolute atomic E-state index is 0. The van der Waals surface area contributed by atoms with Gasteiger partial charge in [-0.3, -0.25) is 0 Å². The number of benzene rings is 1. The third-order valence-electron chi connectivity index (χ3n) is 3.84. The first-order chi connectivity index (χ1) is 13.4. The van der Waals surface area contributed by atoms with Gasteiger partial charge in [-0.2, -0.15) is 4.39 Å². The third-order valence-corrected chi connectivity index (χ3v) is 4.50. The largest absolute Gasteiger partial charge is 1.00 e. The summed E-state index contributed by atoms with van der Waals surface area (Å²) in [6.07, 6.45) is -4.76. The van der Waals surface area contributed by atoms with Gasteiger partial charge in [0.1, 0.15) is 18.3 Å². The molecule has 0 amide bonds. The molecule has 1 aromatic carbocycles. The molecular formula is C15H15F2NaO11S. The molecule has 30 heavy (non-hydrogen) atoms. The smallest absolute Gasteiger partial charge is 0.748 e. The summed E-state index contributed by atoms with van der Waals surface area (Å²) in [7, 11) is -4.76. The van der Waals surface area contributed by atoms with Gasteiger partial charge in [-0.15, -0.1) is 0 Å². The van der Waals surface area contributed by atoms with Crippen LogP contribution in [0.15, 0.2) is 21.3 Å². The maximum atomic E-state index is 13.5. The summed E-state index contributed by atoms with van der Waals surface area (Å²) in [5.41, 5.74) is -2.35. The van der Waals surface area contributed by atoms with E-state index < -0.39 is 86.6 Å². The van der Waals surface area contributed by atoms with Gasteiger partial charge < -0.3 is 39.2 Å². The van der Waals surface area contributed by atoms with Crippen LogP contribution in [0, 0.1) is 11.6 Å². The zero-order chi connectivity index (χ0) is 22.1. The summed E-state index contributed by atoms with van der Waals surface area (Å²) < 4.78 is 67.7. The Balaban J connectivity index is 0.000000348. The van der Waals surface area contributed by atoms with Crippen LogP contribution < -0.4 is 35.2 Å².